The van der Waals surface area contributed by atoms with Gasteiger partial charge in [-0.15, -0.1) is 0 Å². The molecule has 3 amide bonds. The highest BCUT2D eigenvalue weighted by Gasteiger charge is 2.20. The quantitative estimate of drug-likeness (QED) is 0.795. The summed E-state index contributed by atoms with van der Waals surface area (Å²) in [6.07, 6.45) is 0.147. The van der Waals surface area contributed by atoms with Gasteiger partial charge in [0.1, 0.15) is 0 Å². The Hall–Kier alpha value is -2.34. The van der Waals surface area contributed by atoms with Gasteiger partial charge in [0.05, 0.1) is 12.5 Å². The van der Waals surface area contributed by atoms with E-state index in [0.717, 1.165) is 15.6 Å². The van der Waals surface area contributed by atoms with Crippen molar-refractivity contribution in [3.05, 3.63) is 70.2 Å². The molecule has 0 fully saturated rings. The summed E-state index contributed by atoms with van der Waals surface area (Å²) in [4.78, 5) is 25.4. The average Bonchev–Trinajstić information content (AvgIpc) is 2.55. The number of carbonyl (C=O) groups is 2. The van der Waals surface area contributed by atoms with Crippen molar-refractivity contribution in [3.63, 3.8) is 0 Å². The van der Waals surface area contributed by atoms with Crippen LogP contribution in [-0.4, -0.2) is 23.9 Å². The van der Waals surface area contributed by atoms with Crippen LogP contribution in [0.15, 0.2) is 59.1 Å². The largest absolute Gasteiger partial charge is 0.352 e. The summed E-state index contributed by atoms with van der Waals surface area (Å²) in [5.74, 6) is -0.0690. The van der Waals surface area contributed by atoms with Crippen molar-refractivity contribution in [1.82, 2.24) is 10.2 Å². The molecule has 3 N–H and O–H groups in total. The summed E-state index contributed by atoms with van der Waals surface area (Å²) in [5.41, 5.74) is 7.14. The van der Waals surface area contributed by atoms with Crippen molar-refractivity contribution in [2.24, 2.45) is 5.73 Å². The Morgan fingerprint density at radius 1 is 1.12 bits per heavy atom. The topological polar surface area (TPSA) is 75.4 Å². The minimum Gasteiger partial charge on any atom is -0.352 e. The lowest BCUT2D eigenvalue weighted by Gasteiger charge is -2.22. The van der Waals surface area contributed by atoms with Crippen LogP contribution in [0.3, 0.4) is 0 Å². The molecule has 0 saturated heterocycles. The molecule has 2 aromatic carbocycles. The second-order valence-corrected chi connectivity index (χ2v) is 6.47. The molecule has 0 aromatic heterocycles. The third-order valence-electron chi connectivity index (χ3n) is 3.66. The van der Waals surface area contributed by atoms with Crippen LogP contribution in [0.4, 0.5) is 4.79 Å². The molecule has 6 heteroatoms. The lowest BCUT2D eigenvalue weighted by molar-refractivity contribution is -0.130. The van der Waals surface area contributed by atoms with Crippen molar-refractivity contribution >= 4 is 27.9 Å². The Balaban J connectivity index is 2.06. The number of halogens is 1. The molecule has 0 aliphatic rings. The first kappa shape index (κ1) is 18.0. The molecule has 0 unspecified atom stereocenters. The number of primary amides is 1. The molecular weight excluding hydrogens is 370 g/mol. The third kappa shape index (κ3) is 5.38. The van der Waals surface area contributed by atoms with Gasteiger partial charge in [0.2, 0.25) is 5.91 Å². The van der Waals surface area contributed by atoms with E-state index in [0.29, 0.717) is 6.54 Å². The summed E-state index contributed by atoms with van der Waals surface area (Å²) in [7, 11) is 1.75. The highest BCUT2D eigenvalue weighted by Crippen LogP contribution is 2.21. The van der Waals surface area contributed by atoms with Gasteiger partial charge in [0, 0.05) is 18.1 Å². The number of benzene rings is 2. The molecule has 2 rings (SSSR count). The fourth-order valence-electron chi connectivity index (χ4n) is 2.39. The number of hydrogen-bond donors (Lipinski definition) is 2. The second-order valence-electron chi connectivity index (χ2n) is 5.55. The Labute approximate surface area is 150 Å². The van der Waals surface area contributed by atoms with E-state index in [1.807, 2.05) is 54.6 Å². The molecule has 0 spiro atoms. The van der Waals surface area contributed by atoms with Gasteiger partial charge in [-0.2, -0.15) is 0 Å². The van der Waals surface area contributed by atoms with Crippen LogP contribution in [0.25, 0.3) is 0 Å². The monoisotopic (exact) mass is 389 g/mol. The van der Waals surface area contributed by atoms with E-state index in [2.05, 4.69) is 21.2 Å². The Morgan fingerprint density at radius 2 is 1.75 bits per heavy atom. The molecule has 126 valence electrons. The van der Waals surface area contributed by atoms with Crippen LogP contribution in [0.2, 0.25) is 0 Å². The lowest BCUT2D eigenvalue weighted by atomic mass is 10.0. The molecule has 1 atom stereocenters. The number of carbonyl (C=O) groups excluding carboxylic acids is 2. The number of urea groups is 1. The molecule has 0 heterocycles. The maximum atomic E-state index is 12.5. The molecule has 0 aliphatic carbocycles. The number of rotatable bonds is 6. The van der Waals surface area contributed by atoms with Gasteiger partial charge in [-0.05, 0) is 23.3 Å². The minimum atomic E-state index is -0.651. The maximum Gasteiger partial charge on any atom is 0.312 e. The van der Waals surface area contributed by atoms with Crippen LogP contribution in [0, 0.1) is 0 Å². The fraction of sp³-hybridized carbons (Fsp3) is 0.222. The summed E-state index contributed by atoms with van der Waals surface area (Å²) >= 11 is 3.37. The first-order chi connectivity index (χ1) is 11.5. The maximum absolute atomic E-state index is 12.5. The van der Waals surface area contributed by atoms with Crippen LogP contribution >= 0.6 is 15.9 Å². The first-order valence-electron chi connectivity index (χ1n) is 7.55. The average molecular weight is 390 g/mol. The number of hydrogen-bond acceptors (Lipinski definition) is 2. The predicted octanol–water partition coefficient (Wildman–Crippen LogP) is 3.21. The van der Waals surface area contributed by atoms with Crippen molar-refractivity contribution in [3.8, 4) is 0 Å². The number of amides is 3. The fourth-order valence-corrected chi connectivity index (χ4v) is 2.66. The van der Waals surface area contributed by atoms with Crippen LogP contribution in [-0.2, 0) is 11.3 Å². The third-order valence-corrected chi connectivity index (χ3v) is 4.18. The van der Waals surface area contributed by atoms with Crippen molar-refractivity contribution in [1.29, 1.82) is 0 Å². The van der Waals surface area contributed by atoms with E-state index >= 15 is 0 Å². The van der Waals surface area contributed by atoms with Crippen LogP contribution in [0.5, 0.6) is 0 Å². The van der Waals surface area contributed by atoms with Gasteiger partial charge in [0.15, 0.2) is 0 Å². The highest BCUT2D eigenvalue weighted by atomic mass is 79.9. The minimum absolute atomic E-state index is 0.0690. The zero-order valence-corrected chi connectivity index (χ0v) is 15.0. The number of nitrogens with zero attached hydrogens (tertiary/aromatic N) is 1. The highest BCUT2D eigenvalue weighted by molar-refractivity contribution is 9.10. The number of nitrogens with one attached hydrogen (secondary N) is 1. The van der Waals surface area contributed by atoms with E-state index in [-0.39, 0.29) is 12.3 Å². The second kappa shape index (κ2) is 8.49. The standard InChI is InChI=1S/C18H20BrN3O2/c1-22(12-13-5-3-2-4-6-13)17(23)11-16(21-18(20)24)14-7-9-15(19)10-8-14/h2-10,16H,11-12H2,1H3,(H3,20,21,24)/t16-/m1/s1. The molecule has 24 heavy (non-hydrogen) atoms. The summed E-state index contributed by atoms with van der Waals surface area (Å²) in [6.45, 7) is 0.517. The molecule has 0 radical (unpaired) electrons. The molecule has 0 bridgehead atoms. The van der Waals surface area contributed by atoms with Crippen molar-refractivity contribution < 1.29 is 9.59 Å². The molecule has 2 aromatic rings. The molecule has 0 saturated carbocycles. The summed E-state index contributed by atoms with van der Waals surface area (Å²) < 4.78 is 0.927. The van der Waals surface area contributed by atoms with Crippen LogP contribution in [0.1, 0.15) is 23.6 Å². The van der Waals surface area contributed by atoms with Gasteiger partial charge in [-0.3, -0.25) is 4.79 Å². The molecule has 0 aliphatic heterocycles. The molecular formula is C18H20BrN3O2. The molecule has 5 nitrogen and oxygen atoms in total. The number of nitrogens with two attached hydrogens (primary N) is 1. The van der Waals surface area contributed by atoms with Crippen LogP contribution < -0.4 is 11.1 Å². The zero-order chi connectivity index (χ0) is 17.5. The van der Waals surface area contributed by atoms with Crippen molar-refractivity contribution in [2.75, 3.05) is 7.05 Å². The van der Waals surface area contributed by atoms with E-state index in [9.17, 15) is 9.59 Å². The van der Waals surface area contributed by atoms with Crippen molar-refractivity contribution in [2.45, 2.75) is 19.0 Å². The normalized spacial score (nSPS) is 11.6. The summed E-state index contributed by atoms with van der Waals surface area (Å²) in [5, 5.41) is 2.64. The van der Waals surface area contributed by atoms with Gasteiger partial charge in [0.25, 0.3) is 0 Å². The Kier molecular flexibility index (Phi) is 6.37. The van der Waals surface area contributed by atoms with Gasteiger partial charge < -0.3 is 16.0 Å². The van der Waals surface area contributed by atoms with E-state index in [1.54, 1.807) is 11.9 Å². The SMILES string of the molecule is CN(Cc1ccccc1)C(=O)C[C@@H](NC(N)=O)c1ccc(Br)cc1. The smallest absolute Gasteiger partial charge is 0.312 e. The lowest BCUT2D eigenvalue weighted by Crippen LogP contribution is -2.37. The van der Waals surface area contributed by atoms with Gasteiger partial charge >= 0.3 is 6.03 Å². The summed E-state index contributed by atoms with van der Waals surface area (Å²) in [6, 6.07) is 16.1. The first-order valence-corrected chi connectivity index (χ1v) is 8.34. The Bertz CT molecular complexity index is 689. The van der Waals surface area contributed by atoms with Gasteiger partial charge in [-0.25, -0.2) is 4.79 Å². The predicted molar refractivity (Wildman–Crippen MR) is 97.1 cm³/mol. The van der Waals surface area contributed by atoms with E-state index in [1.165, 1.54) is 0 Å². The van der Waals surface area contributed by atoms with E-state index in [4.69, 9.17) is 5.73 Å². The zero-order valence-electron chi connectivity index (χ0n) is 13.4. The Morgan fingerprint density at radius 3 is 2.33 bits per heavy atom. The van der Waals surface area contributed by atoms with Gasteiger partial charge in [-0.1, -0.05) is 58.4 Å². The van der Waals surface area contributed by atoms with E-state index < -0.39 is 12.1 Å².